The van der Waals surface area contributed by atoms with Crippen LogP contribution in [-0.2, 0) is 4.79 Å². The number of carbonyl (C=O) groups is 2. The van der Waals surface area contributed by atoms with Crippen molar-refractivity contribution in [1.82, 2.24) is 10.3 Å². The number of amides is 1. The Kier molecular flexibility index (Phi) is 3.27. The number of pyridine rings is 1. The highest BCUT2D eigenvalue weighted by Gasteiger charge is 2.25. The van der Waals surface area contributed by atoms with Crippen LogP contribution in [0.3, 0.4) is 0 Å². The maximum Gasteiger partial charge on any atom is 0.354 e. The summed E-state index contributed by atoms with van der Waals surface area (Å²) < 4.78 is 0. The van der Waals surface area contributed by atoms with Crippen LogP contribution >= 0.6 is 0 Å². The van der Waals surface area contributed by atoms with Crippen molar-refractivity contribution < 1.29 is 19.6 Å². The van der Waals surface area contributed by atoms with Gasteiger partial charge in [0.15, 0.2) is 5.69 Å². The van der Waals surface area contributed by atoms with E-state index in [1.165, 1.54) is 0 Å². The minimum Gasteiger partial charge on any atom is -0.477 e. The van der Waals surface area contributed by atoms with Crippen LogP contribution in [0.4, 0.5) is 11.5 Å². The Morgan fingerprint density at radius 1 is 1.58 bits per heavy atom. The third-order valence-corrected chi connectivity index (χ3v) is 2.61. The van der Waals surface area contributed by atoms with Gasteiger partial charge in [-0.2, -0.15) is 0 Å². The first kappa shape index (κ1) is 12.7. The van der Waals surface area contributed by atoms with Gasteiger partial charge in [-0.15, -0.1) is 0 Å². The second-order valence-electron chi connectivity index (χ2n) is 3.98. The Hall–Kier alpha value is -2.71. The average molecular weight is 266 g/mol. The van der Waals surface area contributed by atoms with Crippen LogP contribution in [0.25, 0.3) is 0 Å². The molecule has 1 aromatic heterocycles. The van der Waals surface area contributed by atoms with Crippen molar-refractivity contribution in [2.45, 2.75) is 12.5 Å². The first-order chi connectivity index (χ1) is 8.97. The molecule has 1 aromatic rings. The zero-order valence-electron chi connectivity index (χ0n) is 9.62. The maximum absolute atomic E-state index is 11.0. The van der Waals surface area contributed by atoms with E-state index in [0.29, 0.717) is 6.54 Å². The van der Waals surface area contributed by atoms with Crippen LogP contribution in [0, 0.1) is 10.1 Å². The number of nitrogens with one attached hydrogen (secondary N) is 2. The van der Waals surface area contributed by atoms with Gasteiger partial charge in [0.25, 0.3) is 0 Å². The van der Waals surface area contributed by atoms with Crippen LogP contribution in [0.1, 0.15) is 16.9 Å². The highest BCUT2D eigenvalue weighted by Crippen LogP contribution is 2.23. The van der Waals surface area contributed by atoms with E-state index in [-0.39, 0.29) is 35.6 Å². The molecule has 9 heteroatoms. The second-order valence-corrected chi connectivity index (χ2v) is 3.98. The number of carbonyl (C=O) groups excluding carboxylic acids is 1. The molecule has 0 spiro atoms. The molecule has 0 aliphatic carbocycles. The average Bonchev–Trinajstić information content (AvgIpc) is 2.74. The van der Waals surface area contributed by atoms with E-state index in [0.717, 1.165) is 12.1 Å². The quantitative estimate of drug-likeness (QED) is 0.515. The lowest BCUT2D eigenvalue weighted by Crippen LogP contribution is -2.23. The molecule has 1 unspecified atom stereocenters. The molecule has 0 bridgehead atoms. The van der Waals surface area contributed by atoms with Gasteiger partial charge in [0.1, 0.15) is 0 Å². The minimum absolute atomic E-state index is 0.147. The number of hydrogen-bond donors (Lipinski definition) is 3. The summed E-state index contributed by atoms with van der Waals surface area (Å²) in [7, 11) is 0. The fourth-order valence-corrected chi connectivity index (χ4v) is 1.73. The first-order valence-electron chi connectivity index (χ1n) is 5.39. The summed E-state index contributed by atoms with van der Waals surface area (Å²) in [6.07, 6.45) is 0.163. The molecule has 1 aliphatic heterocycles. The second kappa shape index (κ2) is 4.88. The summed E-state index contributed by atoms with van der Waals surface area (Å²) in [5, 5.41) is 24.9. The van der Waals surface area contributed by atoms with Gasteiger partial charge in [-0.3, -0.25) is 14.9 Å². The summed E-state index contributed by atoms with van der Waals surface area (Å²) in [6, 6.07) is 1.79. The van der Waals surface area contributed by atoms with Crippen LogP contribution in [0.5, 0.6) is 0 Å². The van der Waals surface area contributed by atoms with E-state index in [1.807, 2.05) is 0 Å². The minimum atomic E-state index is -1.28. The highest BCUT2D eigenvalue weighted by atomic mass is 16.6. The van der Waals surface area contributed by atoms with Gasteiger partial charge in [0.05, 0.1) is 11.0 Å². The van der Waals surface area contributed by atoms with Gasteiger partial charge >= 0.3 is 11.7 Å². The third kappa shape index (κ3) is 2.76. The topological polar surface area (TPSA) is 134 Å². The van der Waals surface area contributed by atoms with E-state index in [2.05, 4.69) is 15.6 Å². The number of carboxylic acid groups (broad SMARTS) is 1. The Labute approximate surface area is 106 Å². The number of carboxylic acids is 1. The van der Waals surface area contributed by atoms with E-state index in [1.54, 1.807) is 0 Å². The summed E-state index contributed by atoms with van der Waals surface area (Å²) in [5.74, 6) is -1.60. The zero-order valence-corrected chi connectivity index (χ0v) is 9.62. The third-order valence-electron chi connectivity index (χ3n) is 2.61. The maximum atomic E-state index is 11.0. The molecule has 1 aliphatic rings. The van der Waals surface area contributed by atoms with E-state index < -0.39 is 10.9 Å². The van der Waals surface area contributed by atoms with Crippen LogP contribution in [-0.4, -0.2) is 39.5 Å². The normalized spacial score (nSPS) is 17.9. The number of rotatable bonds is 4. The zero-order chi connectivity index (χ0) is 14.0. The standard InChI is InChI=1S/C10H10N4O5/c15-8-3-5(4-11-8)12-9-7(14(18)19)2-1-6(13-9)10(16)17/h1-2,5H,3-4H2,(H,11,15)(H,12,13)(H,16,17). The molecule has 1 amide bonds. The number of nitrogens with zero attached hydrogens (tertiary/aromatic N) is 2. The summed E-state index contributed by atoms with van der Waals surface area (Å²) in [6.45, 7) is 0.314. The molecule has 0 saturated carbocycles. The Morgan fingerprint density at radius 3 is 2.84 bits per heavy atom. The molecule has 9 nitrogen and oxygen atoms in total. The van der Waals surface area contributed by atoms with E-state index in [9.17, 15) is 19.7 Å². The smallest absolute Gasteiger partial charge is 0.354 e. The van der Waals surface area contributed by atoms with E-state index >= 15 is 0 Å². The molecule has 1 atom stereocenters. The van der Waals surface area contributed by atoms with Crippen LogP contribution < -0.4 is 10.6 Å². The predicted octanol–water partition coefficient (Wildman–Crippen LogP) is -0.0116. The lowest BCUT2D eigenvalue weighted by Gasteiger charge is -2.11. The number of anilines is 1. The van der Waals surface area contributed by atoms with Gasteiger partial charge in [0, 0.05) is 19.0 Å². The summed E-state index contributed by atoms with van der Waals surface area (Å²) in [4.78, 5) is 35.7. The molecule has 1 fully saturated rings. The van der Waals surface area contributed by atoms with Crippen molar-refractivity contribution in [1.29, 1.82) is 0 Å². The number of hydrogen-bond acceptors (Lipinski definition) is 6. The lowest BCUT2D eigenvalue weighted by atomic mass is 10.2. The molecule has 1 saturated heterocycles. The Balaban J connectivity index is 2.29. The lowest BCUT2D eigenvalue weighted by molar-refractivity contribution is -0.384. The van der Waals surface area contributed by atoms with Gasteiger partial charge < -0.3 is 15.7 Å². The van der Waals surface area contributed by atoms with Crippen molar-refractivity contribution in [3.63, 3.8) is 0 Å². The SMILES string of the molecule is O=C1CC(Nc2nc(C(=O)O)ccc2[N+](=O)[O-])CN1. The Bertz CT molecular complexity index is 559. The first-order valence-corrected chi connectivity index (χ1v) is 5.39. The Morgan fingerprint density at radius 2 is 2.32 bits per heavy atom. The number of aromatic nitrogens is 1. The van der Waals surface area contributed by atoms with Gasteiger partial charge in [-0.25, -0.2) is 9.78 Å². The van der Waals surface area contributed by atoms with Crippen molar-refractivity contribution in [2.24, 2.45) is 0 Å². The monoisotopic (exact) mass is 266 g/mol. The molecule has 2 rings (SSSR count). The van der Waals surface area contributed by atoms with Crippen molar-refractivity contribution >= 4 is 23.4 Å². The summed E-state index contributed by atoms with van der Waals surface area (Å²) >= 11 is 0. The fraction of sp³-hybridized carbons (Fsp3) is 0.300. The largest absolute Gasteiger partial charge is 0.477 e. The summed E-state index contributed by atoms with van der Waals surface area (Å²) in [5.41, 5.74) is -0.630. The van der Waals surface area contributed by atoms with Gasteiger partial charge in [-0.05, 0) is 6.07 Å². The highest BCUT2D eigenvalue weighted by molar-refractivity contribution is 5.86. The molecule has 100 valence electrons. The van der Waals surface area contributed by atoms with Gasteiger partial charge in [-0.1, -0.05) is 0 Å². The van der Waals surface area contributed by atoms with Crippen LogP contribution in [0.2, 0.25) is 0 Å². The molecular weight excluding hydrogens is 256 g/mol. The molecule has 3 N–H and O–H groups in total. The predicted molar refractivity (Wildman–Crippen MR) is 62.9 cm³/mol. The van der Waals surface area contributed by atoms with Crippen molar-refractivity contribution in [2.75, 3.05) is 11.9 Å². The van der Waals surface area contributed by atoms with Crippen LogP contribution in [0.15, 0.2) is 12.1 Å². The molecule has 19 heavy (non-hydrogen) atoms. The number of aromatic carboxylic acids is 1. The van der Waals surface area contributed by atoms with Gasteiger partial charge in [0.2, 0.25) is 11.7 Å². The fourth-order valence-electron chi connectivity index (χ4n) is 1.73. The number of nitro groups is 1. The molecule has 0 radical (unpaired) electrons. The van der Waals surface area contributed by atoms with Crippen molar-refractivity contribution in [3.05, 3.63) is 27.9 Å². The molecular formula is C10H10N4O5. The molecule has 2 heterocycles. The van der Waals surface area contributed by atoms with Crippen molar-refractivity contribution in [3.8, 4) is 0 Å². The van der Waals surface area contributed by atoms with E-state index in [4.69, 9.17) is 5.11 Å². The molecule has 0 aromatic carbocycles.